The topological polar surface area (TPSA) is 59.9 Å². The molecule has 1 heterocycles. The molecule has 1 aliphatic rings. The van der Waals surface area contributed by atoms with E-state index in [9.17, 15) is 0 Å². The van der Waals surface area contributed by atoms with E-state index in [-0.39, 0.29) is 11.3 Å². The van der Waals surface area contributed by atoms with Crippen LogP contribution in [0.2, 0.25) is 5.28 Å². The monoisotopic (exact) mass is 240 g/mol. The lowest BCUT2D eigenvalue weighted by atomic mass is 10.0. The minimum Gasteiger partial charge on any atom is -0.467 e. The summed E-state index contributed by atoms with van der Waals surface area (Å²) >= 11 is 5.75. The number of hydrogen-bond donors (Lipinski definition) is 1. The first-order valence-electron chi connectivity index (χ1n) is 5.15. The molecule has 2 rings (SSSR count). The molecule has 0 spiro atoms. The van der Waals surface area contributed by atoms with E-state index in [1.54, 1.807) is 0 Å². The molecular weight excluding hydrogens is 228 g/mol. The molecule has 0 saturated carbocycles. The zero-order chi connectivity index (χ0) is 11.4. The van der Waals surface area contributed by atoms with Crippen molar-refractivity contribution in [1.82, 2.24) is 15.0 Å². The van der Waals surface area contributed by atoms with Crippen LogP contribution in [0.3, 0.4) is 0 Å². The first kappa shape index (κ1) is 11.1. The Balaban J connectivity index is 2.08. The van der Waals surface area contributed by atoms with E-state index in [2.05, 4.69) is 32.4 Å². The molecule has 0 aromatic carbocycles. The van der Waals surface area contributed by atoms with E-state index in [4.69, 9.17) is 16.3 Å². The van der Waals surface area contributed by atoms with Crippen molar-refractivity contribution in [2.45, 2.75) is 25.3 Å². The van der Waals surface area contributed by atoms with Crippen LogP contribution in [0.15, 0.2) is 12.2 Å². The third-order valence-electron chi connectivity index (χ3n) is 2.37. The van der Waals surface area contributed by atoms with Gasteiger partial charge in [0.25, 0.3) is 0 Å². The summed E-state index contributed by atoms with van der Waals surface area (Å²) in [7, 11) is 1.50. The van der Waals surface area contributed by atoms with Crippen molar-refractivity contribution >= 4 is 17.5 Å². The largest absolute Gasteiger partial charge is 0.467 e. The maximum Gasteiger partial charge on any atom is 0.322 e. The number of rotatable bonds is 3. The van der Waals surface area contributed by atoms with Crippen LogP contribution >= 0.6 is 11.6 Å². The van der Waals surface area contributed by atoms with Crippen molar-refractivity contribution in [3.63, 3.8) is 0 Å². The van der Waals surface area contributed by atoms with Crippen molar-refractivity contribution in [2.24, 2.45) is 0 Å². The fraction of sp³-hybridized carbons (Fsp3) is 0.500. The van der Waals surface area contributed by atoms with Crippen LogP contribution in [-0.4, -0.2) is 28.1 Å². The normalized spacial score (nSPS) is 19.5. The Labute approximate surface area is 98.9 Å². The Hall–Kier alpha value is -1.36. The quantitative estimate of drug-likeness (QED) is 0.820. The van der Waals surface area contributed by atoms with Gasteiger partial charge in [-0.25, -0.2) is 0 Å². The summed E-state index contributed by atoms with van der Waals surface area (Å²) < 4.78 is 4.92. The van der Waals surface area contributed by atoms with Gasteiger partial charge in [-0.05, 0) is 30.9 Å². The lowest BCUT2D eigenvalue weighted by molar-refractivity contribution is 0.378. The lowest BCUT2D eigenvalue weighted by Gasteiger charge is -2.19. The Bertz CT molecular complexity index is 396. The predicted molar refractivity (Wildman–Crippen MR) is 61.8 cm³/mol. The molecule has 1 aliphatic carbocycles. The molecule has 16 heavy (non-hydrogen) atoms. The van der Waals surface area contributed by atoms with Crippen LogP contribution < -0.4 is 10.1 Å². The van der Waals surface area contributed by atoms with Crippen molar-refractivity contribution < 1.29 is 4.74 Å². The van der Waals surface area contributed by atoms with Gasteiger partial charge in [0.15, 0.2) is 0 Å². The number of aromatic nitrogens is 3. The van der Waals surface area contributed by atoms with E-state index < -0.39 is 0 Å². The molecule has 1 aromatic rings. The van der Waals surface area contributed by atoms with E-state index in [1.165, 1.54) is 7.11 Å². The van der Waals surface area contributed by atoms with Crippen molar-refractivity contribution in [2.75, 3.05) is 12.4 Å². The first-order valence-corrected chi connectivity index (χ1v) is 5.53. The minimum absolute atomic E-state index is 0.140. The van der Waals surface area contributed by atoms with Crippen LogP contribution in [-0.2, 0) is 0 Å². The Kier molecular flexibility index (Phi) is 3.56. The number of nitrogens with one attached hydrogen (secondary N) is 1. The molecule has 0 bridgehead atoms. The summed E-state index contributed by atoms with van der Waals surface area (Å²) in [5, 5.41) is 3.36. The summed E-state index contributed by atoms with van der Waals surface area (Å²) in [4.78, 5) is 11.9. The molecule has 0 aliphatic heterocycles. The van der Waals surface area contributed by atoms with Crippen LogP contribution in [0, 0.1) is 0 Å². The number of anilines is 1. The second-order valence-electron chi connectivity index (χ2n) is 3.54. The SMILES string of the molecule is COc1nc(Cl)nc(NC2CC=CCC2)n1. The van der Waals surface area contributed by atoms with E-state index in [1.807, 2.05) is 0 Å². The third-order valence-corrected chi connectivity index (χ3v) is 2.54. The van der Waals surface area contributed by atoms with Crippen LogP contribution in [0.25, 0.3) is 0 Å². The maximum atomic E-state index is 5.75. The average Bonchev–Trinajstić information content (AvgIpc) is 2.29. The number of ether oxygens (including phenoxy) is 1. The maximum absolute atomic E-state index is 5.75. The highest BCUT2D eigenvalue weighted by molar-refractivity contribution is 6.28. The van der Waals surface area contributed by atoms with Crippen molar-refractivity contribution in [3.05, 3.63) is 17.4 Å². The summed E-state index contributed by atoms with van der Waals surface area (Å²) in [6.07, 6.45) is 7.46. The second kappa shape index (κ2) is 5.12. The molecule has 0 radical (unpaired) electrons. The molecule has 0 fully saturated rings. The van der Waals surface area contributed by atoms with Crippen molar-refractivity contribution in [1.29, 1.82) is 0 Å². The highest BCUT2D eigenvalue weighted by Gasteiger charge is 2.12. The molecule has 0 amide bonds. The number of methoxy groups -OCH3 is 1. The molecule has 0 saturated heterocycles. The number of allylic oxidation sites excluding steroid dienone is 1. The van der Waals surface area contributed by atoms with Gasteiger partial charge < -0.3 is 10.1 Å². The Morgan fingerprint density at radius 3 is 2.94 bits per heavy atom. The summed E-state index contributed by atoms with van der Waals surface area (Å²) in [6.45, 7) is 0. The van der Waals surface area contributed by atoms with E-state index in [0.29, 0.717) is 12.0 Å². The summed E-state index contributed by atoms with van der Waals surface area (Å²) in [5.74, 6) is 0.470. The molecule has 1 atom stereocenters. The fourth-order valence-electron chi connectivity index (χ4n) is 1.60. The molecule has 86 valence electrons. The van der Waals surface area contributed by atoms with Gasteiger partial charge in [-0.15, -0.1) is 0 Å². The molecular formula is C10H13ClN4O. The van der Waals surface area contributed by atoms with Gasteiger partial charge in [0.1, 0.15) is 0 Å². The van der Waals surface area contributed by atoms with Crippen LogP contribution in [0.4, 0.5) is 5.95 Å². The van der Waals surface area contributed by atoms with Gasteiger partial charge in [-0.2, -0.15) is 15.0 Å². The average molecular weight is 241 g/mol. The van der Waals surface area contributed by atoms with Gasteiger partial charge >= 0.3 is 6.01 Å². The molecule has 1 aromatic heterocycles. The molecule has 5 nitrogen and oxygen atoms in total. The number of hydrogen-bond acceptors (Lipinski definition) is 5. The Morgan fingerprint density at radius 2 is 2.25 bits per heavy atom. The van der Waals surface area contributed by atoms with Gasteiger partial charge in [0.05, 0.1) is 7.11 Å². The minimum atomic E-state index is 0.140. The first-order chi connectivity index (χ1) is 7.78. The molecule has 1 unspecified atom stereocenters. The standard InChI is InChI=1S/C10H13ClN4O/c1-16-10-14-8(11)13-9(15-10)12-7-5-3-2-4-6-7/h2-3,7H,4-6H2,1H3,(H,12,13,14,15). The predicted octanol–water partition coefficient (Wildman–Crippen LogP) is 2.05. The van der Waals surface area contributed by atoms with Gasteiger partial charge in [0, 0.05) is 6.04 Å². The second-order valence-corrected chi connectivity index (χ2v) is 3.88. The van der Waals surface area contributed by atoms with Gasteiger partial charge in [0.2, 0.25) is 11.2 Å². The fourth-order valence-corrected chi connectivity index (χ4v) is 1.75. The molecule has 6 heteroatoms. The third kappa shape index (κ3) is 2.82. The molecule has 1 N–H and O–H groups in total. The zero-order valence-corrected chi connectivity index (χ0v) is 9.74. The lowest BCUT2D eigenvalue weighted by Crippen LogP contribution is -2.22. The van der Waals surface area contributed by atoms with E-state index >= 15 is 0 Å². The summed E-state index contributed by atoms with van der Waals surface area (Å²) in [5.41, 5.74) is 0. The smallest absolute Gasteiger partial charge is 0.322 e. The van der Waals surface area contributed by atoms with Gasteiger partial charge in [-0.3, -0.25) is 0 Å². The van der Waals surface area contributed by atoms with Crippen LogP contribution in [0.1, 0.15) is 19.3 Å². The highest BCUT2D eigenvalue weighted by atomic mass is 35.5. The Morgan fingerprint density at radius 1 is 1.38 bits per heavy atom. The summed E-state index contributed by atoms with van der Waals surface area (Å²) in [6, 6.07) is 0.585. The zero-order valence-electron chi connectivity index (χ0n) is 8.98. The van der Waals surface area contributed by atoms with Gasteiger partial charge in [-0.1, -0.05) is 12.2 Å². The van der Waals surface area contributed by atoms with Crippen molar-refractivity contribution in [3.8, 4) is 6.01 Å². The number of nitrogens with zero attached hydrogens (tertiary/aromatic N) is 3. The van der Waals surface area contributed by atoms with Crippen LogP contribution in [0.5, 0.6) is 6.01 Å². The van der Waals surface area contributed by atoms with E-state index in [0.717, 1.165) is 19.3 Å². The highest BCUT2D eigenvalue weighted by Crippen LogP contribution is 2.17. The number of halogens is 1.